The minimum atomic E-state index is -0.299. The Morgan fingerprint density at radius 1 is 1.18 bits per heavy atom. The van der Waals surface area contributed by atoms with Crippen LogP contribution in [0.5, 0.6) is 11.5 Å². The Morgan fingerprint density at radius 2 is 1.89 bits per heavy atom. The first-order chi connectivity index (χ1) is 13.6. The molecule has 6 nitrogen and oxygen atoms in total. The number of anilines is 1. The Morgan fingerprint density at radius 3 is 2.61 bits per heavy atom. The Hall–Kier alpha value is -2.80. The highest BCUT2D eigenvalue weighted by molar-refractivity contribution is 7.17. The molecule has 148 valence electrons. The van der Waals surface area contributed by atoms with E-state index in [1.54, 1.807) is 37.5 Å². The van der Waals surface area contributed by atoms with Crippen molar-refractivity contribution in [2.45, 2.75) is 25.7 Å². The lowest BCUT2D eigenvalue weighted by atomic mass is 9.95. The van der Waals surface area contributed by atoms with Gasteiger partial charge in [-0.3, -0.25) is 9.59 Å². The minimum Gasteiger partial charge on any atom is -0.497 e. The van der Waals surface area contributed by atoms with E-state index >= 15 is 0 Å². The van der Waals surface area contributed by atoms with Gasteiger partial charge in [-0.2, -0.15) is 0 Å². The van der Waals surface area contributed by atoms with Crippen LogP contribution >= 0.6 is 11.3 Å². The molecule has 28 heavy (non-hydrogen) atoms. The average molecular weight is 401 g/mol. The van der Waals surface area contributed by atoms with Crippen molar-refractivity contribution in [3.8, 4) is 11.5 Å². The van der Waals surface area contributed by atoms with E-state index in [0.29, 0.717) is 22.9 Å². The quantitative estimate of drug-likeness (QED) is 0.664. The molecule has 7 heteroatoms. The molecule has 2 N–H and O–H groups in total. The summed E-state index contributed by atoms with van der Waals surface area (Å²) in [5.41, 5.74) is 1.64. The first-order valence-electron chi connectivity index (χ1n) is 9.22. The second-order valence-electron chi connectivity index (χ2n) is 6.43. The second-order valence-corrected chi connectivity index (χ2v) is 7.53. The summed E-state index contributed by atoms with van der Waals surface area (Å²) in [6, 6.07) is 7.01. The summed E-state index contributed by atoms with van der Waals surface area (Å²) in [5, 5.41) is 6.28. The Bertz CT molecular complexity index is 858. The maximum Gasteiger partial charge on any atom is 0.262 e. The molecule has 1 aliphatic rings. The summed E-state index contributed by atoms with van der Waals surface area (Å²) < 4.78 is 10.6. The third-order valence-corrected chi connectivity index (χ3v) is 5.69. The van der Waals surface area contributed by atoms with E-state index in [1.165, 1.54) is 16.2 Å². The van der Waals surface area contributed by atoms with Crippen LogP contribution in [0.4, 0.5) is 5.00 Å². The highest BCUT2D eigenvalue weighted by Crippen LogP contribution is 2.38. The fraction of sp³-hybridized carbons (Fsp3) is 0.333. The number of amides is 2. The van der Waals surface area contributed by atoms with Gasteiger partial charge in [0.25, 0.3) is 11.8 Å². The number of carbonyl (C=O) groups excluding carboxylic acids is 2. The summed E-state index contributed by atoms with van der Waals surface area (Å²) >= 11 is 1.49. The van der Waals surface area contributed by atoms with Gasteiger partial charge in [-0.1, -0.05) is 6.08 Å². The van der Waals surface area contributed by atoms with Crippen LogP contribution in [0.1, 0.15) is 33.6 Å². The lowest BCUT2D eigenvalue weighted by molar-refractivity contribution is -0.118. The van der Waals surface area contributed by atoms with Crippen molar-refractivity contribution >= 4 is 28.2 Å². The summed E-state index contributed by atoms with van der Waals surface area (Å²) in [5.74, 6) is 0.819. The largest absolute Gasteiger partial charge is 0.497 e. The molecular formula is C21H24N2O4S. The van der Waals surface area contributed by atoms with Crippen LogP contribution in [0.3, 0.4) is 0 Å². The number of thiophene rings is 1. The average Bonchev–Trinajstić information content (AvgIpc) is 3.08. The molecular weight excluding hydrogens is 376 g/mol. The number of benzene rings is 1. The number of fused-ring (bicyclic) bond motifs is 1. The highest BCUT2D eigenvalue weighted by Gasteiger charge is 2.26. The lowest BCUT2D eigenvalue weighted by Crippen LogP contribution is -2.26. The molecule has 0 bridgehead atoms. The first-order valence-corrected chi connectivity index (χ1v) is 10.0. The molecule has 2 aromatic rings. The molecule has 0 unspecified atom stereocenters. The van der Waals surface area contributed by atoms with Crippen LogP contribution in [0.25, 0.3) is 0 Å². The molecule has 3 rings (SSSR count). The zero-order valence-corrected chi connectivity index (χ0v) is 16.7. The molecule has 0 fully saturated rings. The van der Waals surface area contributed by atoms with Crippen molar-refractivity contribution in [1.29, 1.82) is 0 Å². The molecule has 0 atom stereocenters. The van der Waals surface area contributed by atoms with Gasteiger partial charge >= 0.3 is 0 Å². The maximum absolute atomic E-state index is 12.6. The monoisotopic (exact) mass is 400 g/mol. The Balaban J connectivity index is 1.69. The predicted molar refractivity (Wildman–Crippen MR) is 111 cm³/mol. The molecule has 0 saturated carbocycles. The van der Waals surface area contributed by atoms with Gasteiger partial charge in [0.1, 0.15) is 16.5 Å². The standard InChI is InChI=1S/C21H24N2O4S/c1-3-12-22-20(25)19-16-6-4-5-7-17(16)28-21(19)23-18(24)13-27-15-10-8-14(26-2)9-11-15/h3,8-11H,1,4-7,12-13H2,2H3,(H,22,25)(H,23,24). The topological polar surface area (TPSA) is 76.7 Å². The van der Waals surface area contributed by atoms with E-state index in [2.05, 4.69) is 17.2 Å². The van der Waals surface area contributed by atoms with Crippen LogP contribution in [-0.4, -0.2) is 32.1 Å². The normalized spacial score (nSPS) is 12.6. The molecule has 2 amide bonds. The summed E-state index contributed by atoms with van der Waals surface area (Å²) in [6.07, 6.45) is 5.60. The van der Waals surface area contributed by atoms with Gasteiger partial charge in [-0.15, -0.1) is 17.9 Å². The zero-order valence-electron chi connectivity index (χ0n) is 15.9. The smallest absolute Gasteiger partial charge is 0.262 e. The zero-order chi connectivity index (χ0) is 19.9. The molecule has 1 aromatic heterocycles. The molecule has 0 radical (unpaired) electrons. The van der Waals surface area contributed by atoms with Crippen LogP contribution < -0.4 is 20.1 Å². The van der Waals surface area contributed by atoms with Crippen LogP contribution in [0.2, 0.25) is 0 Å². The third kappa shape index (κ3) is 4.72. The number of hydrogen-bond donors (Lipinski definition) is 2. The fourth-order valence-electron chi connectivity index (χ4n) is 3.13. The van der Waals surface area contributed by atoms with Crippen molar-refractivity contribution in [1.82, 2.24) is 5.32 Å². The molecule has 0 saturated heterocycles. The number of carbonyl (C=O) groups is 2. The number of hydrogen-bond acceptors (Lipinski definition) is 5. The number of ether oxygens (including phenoxy) is 2. The lowest BCUT2D eigenvalue weighted by Gasteiger charge is -2.13. The summed E-state index contributed by atoms with van der Waals surface area (Å²) in [7, 11) is 1.59. The van der Waals surface area contributed by atoms with Gasteiger partial charge in [0.2, 0.25) is 0 Å². The van der Waals surface area contributed by atoms with E-state index in [9.17, 15) is 9.59 Å². The summed E-state index contributed by atoms with van der Waals surface area (Å²) in [4.78, 5) is 26.2. The number of aryl methyl sites for hydroxylation is 1. The third-order valence-electron chi connectivity index (χ3n) is 4.49. The molecule has 1 heterocycles. The van der Waals surface area contributed by atoms with E-state index in [0.717, 1.165) is 37.0 Å². The Labute approximate surface area is 168 Å². The van der Waals surface area contributed by atoms with Crippen molar-refractivity contribution in [2.75, 3.05) is 25.6 Å². The van der Waals surface area contributed by atoms with Crippen LogP contribution in [0, 0.1) is 0 Å². The van der Waals surface area contributed by atoms with E-state index in [1.807, 2.05) is 0 Å². The molecule has 1 aliphatic carbocycles. The van der Waals surface area contributed by atoms with E-state index in [4.69, 9.17) is 9.47 Å². The van der Waals surface area contributed by atoms with Crippen molar-refractivity contribution in [3.05, 3.63) is 52.9 Å². The maximum atomic E-state index is 12.6. The number of nitrogens with one attached hydrogen (secondary N) is 2. The molecule has 0 spiro atoms. The van der Waals surface area contributed by atoms with Crippen molar-refractivity contribution < 1.29 is 19.1 Å². The first kappa shape index (κ1) is 19.9. The summed E-state index contributed by atoms with van der Waals surface area (Å²) in [6.45, 7) is 3.88. The van der Waals surface area contributed by atoms with Gasteiger partial charge in [0, 0.05) is 11.4 Å². The predicted octanol–water partition coefficient (Wildman–Crippen LogP) is 3.57. The fourth-order valence-corrected chi connectivity index (χ4v) is 4.43. The SMILES string of the molecule is C=CCNC(=O)c1c(NC(=O)COc2ccc(OC)cc2)sc2c1CCCC2. The highest BCUT2D eigenvalue weighted by atomic mass is 32.1. The van der Waals surface area contributed by atoms with Crippen LogP contribution in [0.15, 0.2) is 36.9 Å². The van der Waals surface area contributed by atoms with Gasteiger partial charge in [-0.05, 0) is 55.5 Å². The van der Waals surface area contributed by atoms with Gasteiger partial charge in [0.15, 0.2) is 6.61 Å². The van der Waals surface area contributed by atoms with Crippen molar-refractivity contribution in [2.24, 2.45) is 0 Å². The van der Waals surface area contributed by atoms with E-state index < -0.39 is 0 Å². The van der Waals surface area contributed by atoms with E-state index in [-0.39, 0.29) is 18.4 Å². The second kappa shape index (κ2) is 9.41. The van der Waals surface area contributed by atoms with Crippen LogP contribution in [-0.2, 0) is 17.6 Å². The Kier molecular flexibility index (Phi) is 6.71. The van der Waals surface area contributed by atoms with Crippen molar-refractivity contribution in [3.63, 3.8) is 0 Å². The van der Waals surface area contributed by atoms with Gasteiger partial charge in [-0.25, -0.2) is 0 Å². The number of rotatable bonds is 8. The van der Waals surface area contributed by atoms with Gasteiger partial charge < -0.3 is 20.1 Å². The molecule has 0 aliphatic heterocycles. The number of methoxy groups -OCH3 is 1. The minimum absolute atomic E-state index is 0.136. The van der Waals surface area contributed by atoms with Gasteiger partial charge in [0.05, 0.1) is 12.7 Å². The molecule has 1 aromatic carbocycles.